The van der Waals surface area contributed by atoms with E-state index in [1.54, 1.807) is 36.0 Å². The Labute approximate surface area is 149 Å². The fourth-order valence-electron chi connectivity index (χ4n) is 2.75. The van der Waals surface area contributed by atoms with Crippen molar-refractivity contribution < 1.29 is 17.8 Å². The average Bonchev–Trinajstić information content (AvgIpc) is 2.56. The van der Waals surface area contributed by atoms with Crippen molar-refractivity contribution in [2.45, 2.75) is 6.04 Å². The summed E-state index contributed by atoms with van der Waals surface area (Å²) >= 11 is 1.60. The summed E-state index contributed by atoms with van der Waals surface area (Å²) in [6.45, 7) is 0.587. The third-order valence-electron chi connectivity index (χ3n) is 3.87. The van der Waals surface area contributed by atoms with Gasteiger partial charge in [-0.25, -0.2) is 5.01 Å². The number of rotatable bonds is 4. The number of amidine groups is 2. The monoisotopic (exact) mass is 383 g/mol. The van der Waals surface area contributed by atoms with Crippen LogP contribution in [0.4, 0.5) is 0 Å². The summed E-state index contributed by atoms with van der Waals surface area (Å²) in [7, 11) is -4.40. The first-order valence-corrected chi connectivity index (χ1v) is 10.2. The Kier molecular flexibility index (Phi) is 4.71. The van der Waals surface area contributed by atoms with E-state index in [0.717, 1.165) is 10.8 Å². The molecule has 11 heteroatoms. The summed E-state index contributed by atoms with van der Waals surface area (Å²) in [5, 5.41) is 12.5. The highest BCUT2D eigenvalue weighted by atomic mass is 32.2. The van der Waals surface area contributed by atoms with Crippen LogP contribution in [0.15, 0.2) is 29.4 Å². The second-order valence-corrected chi connectivity index (χ2v) is 8.22. The SMILES string of the molecule is N=C(N)c1cccc(C2=NN(CS(=O)(=O)O)C(=O)C3CSCCN23)c1. The smallest absolute Gasteiger partial charge is 0.285 e. The first-order chi connectivity index (χ1) is 11.8. The third kappa shape index (κ3) is 3.78. The number of amides is 1. The first kappa shape index (κ1) is 17.7. The zero-order valence-corrected chi connectivity index (χ0v) is 14.8. The van der Waals surface area contributed by atoms with E-state index in [9.17, 15) is 13.2 Å². The van der Waals surface area contributed by atoms with Crippen LogP contribution in [-0.4, -0.2) is 70.4 Å². The molecule has 2 heterocycles. The second-order valence-electron chi connectivity index (χ2n) is 5.65. The summed E-state index contributed by atoms with van der Waals surface area (Å²) in [5.41, 5.74) is 6.65. The van der Waals surface area contributed by atoms with Crippen LogP contribution in [0.3, 0.4) is 0 Å². The number of carbonyl (C=O) groups excluding carboxylic acids is 1. The lowest BCUT2D eigenvalue weighted by molar-refractivity contribution is -0.135. The van der Waals surface area contributed by atoms with Crippen molar-refractivity contribution in [3.05, 3.63) is 35.4 Å². The summed E-state index contributed by atoms with van der Waals surface area (Å²) in [6, 6.07) is 6.27. The average molecular weight is 383 g/mol. The number of nitrogen functional groups attached to an aromatic ring is 1. The molecule has 4 N–H and O–H groups in total. The maximum Gasteiger partial charge on any atom is 0.285 e. The van der Waals surface area contributed by atoms with E-state index in [2.05, 4.69) is 5.10 Å². The number of carbonyl (C=O) groups is 1. The largest absolute Gasteiger partial charge is 0.384 e. The van der Waals surface area contributed by atoms with Gasteiger partial charge in [0.25, 0.3) is 16.0 Å². The minimum atomic E-state index is -4.40. The Bertz CT molecular complexity index is 855. The van der Waals surface area contributed by atoms with Crippen molar-refractivity contribution in [1.82, 2.24) is 9.91 Å². The zero-order valence-electron chi connectivity index (χ0n) is 13.1. The van der Waals surface area contributed by atoms with Gasteiger partial charge in [-0.3, -0.25) is 14.8 Å². The number of nitrogens with two attached hydrogens (primary N) is 1. The van der Waals surface area contributed by atoms with E-state index in [1.807, 2.05) is 4.90 Å². The van der Waals surface area contributed by atoms with Crippen molar-refractivity contribution in [3.8, 4) is 0 Å². The van der Waals surface area contributed by atoms with E-state index in [4.69, 9.17) is 15.7 Å². The molecule has 9 nitrogen and oxygen atoms in total. The van der Waals surface area contributed by atoms with Gasteiger partial charge in [0.05, 0.1) is 0 Å². The van der Waals surface area contributed by atoms with Gasteiger partial charge in [0, 0.05) is 29.2 Å². The molecule has 0 saturated carbocycles. The maximum absolute atomic E-state index is 12.5. The molecular formula is C14H17N5O4S2. The number of nitrogens with one attached hydrogen (secondary N) is 1. The molecule has 1 unspecified atom stereocenters. The Morgan fingerprint density at radius 1 is 1.48 bits per heavy atom. The minimum Gasteiger partial charge on any atom is -0.384 e. The van der Waals surface area contributed by atoms with Crippen LogP contribution in [0.1, 0.15) is 11.1 Å². The van der Waals surface area contributed by atoms with Gasteiger partial charge < -0.3 is 10.6 Å². The molecule has 0 aliphatic carbocycles. The van der Waals surface area contributed by atoms with Crippen LogP contribution in [0.25, 0.3) is 0 Å². The number of hydrogen-bond acceptors (Lipinski definition) is 7. The van der Waals surface area contributed by atoms with Crippen LogP contribution in [0.5, 0.6) is 0 Å². The van der Waals surface area contributed by atoms with Crippen LogP contribution in [-0.2, 0) is 14.9 Å². The maximum atomic E-state index is 12.5. The Hall–Kier alpha value is -2.11. The topological polar surface area (TPSA) is 140 Å². The normalized spacial score (nSPS) is 20.9. The standard InChI is InChI=1S/C14H17N5O4S2/c15-12(16)9-2-1-3-10(6-9)13-17-19(8-25(21,22)23)14(20)11-7-24-5-4-18(11)13/h1-3,6,11H,4-5,7-8H2,(H3,15,16)(H,21,22,23). The molecule has 0 aromatic heterocycles. The third-order valence-corrected chi connectivity index (χ3v) is 5.47. The number of benzene rings is 1. The molecule has 0 spiro atoms. The predicted molar refractivity (Wildman–Crippen MR) is 95.1 cm³/mol. The van der Waals surface area contributed by atoms with Crippen LogP contribution < -0.4 is 5.73 Å². The summed E-state index contributed by atoms with van der Waals surface area (Å²) < 4.78 is 31.5. The Balaban J connectivity index is 2.07. The van der Waals surface area contributed by atoms with Gasteiger partial charge in [0.15, 0.2) is 11.7 Å². The van der Waals surface area contributed by atoms with E-state index in [1.165, 1.54) is 0 Å². The van der Waals surface area contributed by atoms with E-state index in [-0.39, 0.29) is 5.84 Å². The Morgan fingerprint density at radius 3 is 2.92 bits per heavy atom. The zero-order chi connectivity index (χ0) is 18.2. The highest BCUT2D eigenvalue weighted by Crippen LogP contribution is 2.26. The lowest BCUT2D eigenvalue weighted by atomic mass is 10.1. The molecule has 1 saturated heterocycles. The van der Waals surface area contributed by atoms with Crippen LogP contribution in [0, 0.1) is 5.41 Å². The van der Waals surface area contributed by atoms with Crippen LogP contribution in [0.2, 0.25) is 0 Å². The fourth-order valence-corrected chi connectivity index (χ4v) is 4.28. The van der Waals surface area contributed by atoms with Gasteiger partial charge in [-0.1, -0.05) is 18.2 Å². The molecule has 3 rings (SSSR count). The molecule has 1 atom stereocenters. The number of hydrazone groups is 1. The molecule has 1 amide bonds. The van der Waals surface area contributed by atoms with Crippen molar-refractivity contribution >= 4 is 39.5 Å². The number of thioether (sulfide) groups is 1. The minimum absolute atomic E-state index is 0.102. The Morgan fingerprint density at radius 2 is 2.24 bits per heavy atom. The molecular weight excluding hydrogens is 366 g/mol. The van der Waals surface area contributed by atoms with Gasteiger partial charge in [-0.15, -0.1) is 0 Å². The number of fused-ring (bicyclic) bond motifs is 1. The fraction of sp³-hybridized carbons (Fsp3) is 0.357. The lowest BCUT2D eigenvalue weighted by Gasteiger charge is -2.41. The van der Waals surface area contributed by atoms with Gasteiger partial charge in [-0.2, -0.15) is 25.3 Å². The van der Waals surface area contributed by atoms with E-state index < -0.39 is 27.9 Å². The van der Waals surface area contributed by atoms with Gasteiger partial charge in [0.1, 0.15) is 11.9 Å². The molecule has 0 radical (unpaired) electrons. The number of hydrogen-bond donors (Lipinski definition) is 3. The molecule has 0 bridgehead atoms. The molecule has 1 fully saturated rings. The van der Waals surface area contributed by atoms with Crippen molar-refractivity contribution in [3.63, 3.8) is 0 Å². The second kappa shape index (κ2) is 6.65. The van der Waals surface area contributed by atoms with Crippen molar-refractivity contribution in [1.29, 1.82) is 5.41 Å². The molecule has 2 aliphatic rings. The highest BCUT2D eigenvalue weighted by molar-refractivity contribution is 7.99. The molecule has 25 heavy (non-hydrogen) atoms. The highest BCUT2D eigenvalue weighted by Gasteiger charge is 2.40. The van der Waals surface area contributed by atoms with Crippen molar-refractivity contribution in [2.75, 3.05) is 23.9 Å². The van der Waals surface area contributed by atoms with Gasteiger partial charge in [-0.05, 0) is 6.07 Å². The molecule has 134 valence electrons. The summed E-state index contributed by atoms with van der Waals surface area (Å²) in [5.74, 6) is 0.291. The van der Waals surface area contributed by atoms with Gasteiger partial charge >= 0.3 is 0 Å². The van der Waals surface area contributed by atoms with E-state index in [0.29, 0.717) is 29.3 Å². The molecule has 1 aromatic rings. The molecule has 2 aliphatic heterocycles. The first-order valence-electron chi connectivity index (χ1n) is 7.40. The molecule has 1 aromatic carbocycles. The summed E-state index contributed by atoms with van der Waals surface area (Å²) in [6.07, 6.45) is 0. The number of nitrogens with zero attached hydrogens (tertiary/aromatic N) is 3. The van der Waals surface area contributed by atoms with Gasteiger partial charge in [0.2, 0.25) is 0 Å². The van der Waals surface area contributed by atoms with Crippen LogP contribution >= 0.6 is 11.8 Å². The quantitative estimate of drug-likeness (QED) is 0.369. The predicted octanol–water partition coefficient (Wildman–Crippen LogP) is -0.263. The lowest BCUT2D eigenvalue weighted by Crippen LogP contribution is -2.59. The van der Waals surface area contributed by atoms with E-state index >= 15 is 0 Å². The van der Waals surface area contributed by atoms with Crippen molar-refractivity contribution in [2.24, 2.45) is 10.8 Å². The summed E-state index contributed by atoms with van der Waals surface area (Å²) in [4.78, 5) is 14.4.